The maximum absolute atomic E-state index is 11.0. The summed E-state index contributed by atoms with van der Waals surface area (Å²) in [5.41, 5.74) is 0.406. The third-order valence-corrected chi connectivity index (χ3v) is 2.11. The predicted octanol–water partition coefficient (Wildman–Crippen LogP) is 1.65. The second kappa shape index (κ2) is 6.58. The van der Waals surface area contributed by atoms with Crippen molar-refractivity contribution in [1.82, 2.24) is 0 Å². The zero-order valence-electron chi connectivity index (χ0n) is 9.16. The molecule has 1 rings (SSSR count). The Hall–Kier alpha value is -0.870. The van der Waals surface area contributed by atoms with Crippen LogP contribution in [0.2, 0.25) is 0 Å². The van der Waals surface area contributed by atoms with Gasteiger partial charge in [-0.3, -0.25) is 0 Å². The van der Waals surface area contributed by atoms with Crippen molar-refractivity contribution >= 4 is 5.97 Å². The SMILES string of the molecule is C=C(C)C(=O)OCCOC1CCCCO1. The van der Waals surface area contributed by atoms with E-state index in [1.54, 1.807) is 6.92 Å². The van der Waals surface area contributed by atoms with Crippen LogP contribution in [0.25, 0.3) is 0 Å². The maximum Gasteiger partial charge on any atom is 0.333 e. The van der Waals surface area contributed by atoms with Crippen LogP contribution in [0, 0.1) is 0 Å². The van der Waals surface area contributed by atoms with Crippen molar-refractivity contribution in [2.24, 2.45) is 0 Å². The van der Waals surface area contributed by atoms with Crippen molar-refractivity contribution < 1.29 is 19.0 Å². The van der Waals surface area contributed by atoms with Crippen LogP contribution in [-0.2, 0) is 19.0 Å². The van der Waals surface area contributed by atoms with Crippen LogP contribution in [0.15, 0.2) is 12.2 Å². The highest BCUT2D eigenvalue weighted by atomic mass is 16.7. The molecule has 1 saturated heterocycles. The van der Waals surface area contributed by atoms with Gasteiger partial charge >= 0.3 is 5.97 Å². The molecule has 4 heteroatoms. The number of rotatable bonds is 5. The Morgan fingerprint density at radius 1 is 1.47 bits per heavy atom. The zero-order valence-corrected chi connectivity index (χ0v) is 9.16. The van der Waals surface area contributed by atoms with E-state index >= 15 is 0 Å². The van der Waals surface area contributed by atoms with E-state index in [1.807, 2.05) is 0 Å². The van der Waals surface area contributed by atoms with Crippen molar-refractivity contribution in [2.75, 3.05) is 19.8 Å². The fourth-order valence-corrected chi connectivity index (χ4v) is 1.28. The molecule has 0 bridgehead atoms. The Bertz CT molecular complexity index is 219. The Labute approximate surface area is 90.2 Å². The fraction of sp³-hybridized carbons (Fsp3) is 0.727. The second-order valence-electron chi connectivity index (χ2n) is 3.58. The summed E-state index contributed by atoms with van der Waals surface area (Å²) in [5.74, 6) is -0.372. The third kappa shape index (κ3) is 4.95. The molecule has 0 saturated carbocycles. The molecule has 1 aliphatic heterocycles. The molecule has 0 aliphatic carbocycles. The largest absolute Gasteiger partial charge is 0.460 e. The van der Waals surface area contributed by atoms with Gasteiger partial charge in [0.05, 0.1) is 6.61 Å². The van der Waals surface area contributed by atoms with Gasteiger partial charge < -0.3 is 14.2 Å². The van der Waals surface area contributed by atoms with Crippen molar-refractivity contribution in [3.8, 4) is 0 Å². The highest BCUT2D eigenvalue weighted by Crippen LogP contribution is 2.13. The normalized spacial score (nSPS) is 21.0. The number of carbonyl (C=O) groups excluding carboxylic acids is 1. The molecular weight excluding hydrogens is 196 g/mol. The minimum absolute atomic E-state index is 0.123. The van der Waals surface area contributed by atoms with Gasteiger partial charge in [-0.1, -0.05) is 6.58 Å². The summed E-state index contributed by atoms with van der Waals surface area (Å²) in [5, 5.41) is 0. The van der Waals surface area contributed by atoms with Crippen LogP contribution in [0.1, 0.15) is 26.2 Å². The smallest absolute Gasteiger partial charge is 0.333 e. The van der Waals surface area contributed by atoms with Gasteiger partial charge in [0, 0.05) is 12.2 Å². The highest BCUT2D eigenvalue weighted by molar-refractivity contribution is 5.86. The van der Waals surface area contributed by atoms with Crippen LogP contribution >= 0.6 is 0 Å². The summed E-state index contributed by atoms with van der Waals surface area (Å²) in [6.07, 6.45) is 3.04. The van der Waals surface area contributed by atoms with Gasteiger partial charge in [0.2, 0.25) is 0 Å². The van der Waals surface area contributed by atoms with Crippen LogP contribution in [-0.4, -0.2) is 32.1 Å². The first-order chi connectivity index (χ1) is 7.20. The molecule has 0 N–H and O–H groups in total. The summed E-state index contributed by atoms with van der Waals surface area (Å²) in [7, 11) is 0. The molecular formula is C11H18O4. The summed E-state index contributed by atoms with van der Waals surface area (Å²) in [4.78, 5) is 11.0. The lowest BCUT2D eigenvalue weighted by Gasteiger charge is -2.22. The van der Waals surface area contributed by atoms with Gasteiger partial charge in [-0.05, 0) is 26.2 Å². The van der Waals surface area contributed by atoms with Gasteiger partial charge in [-0.25, -0.2) is 4.79 Å². The topological polar surface area (TPSA) is 44.8 Å². The summed E-state index contributed by atoms with van der Waals surface area (Å²) in [6.45, 7) is 6.50. The number of hydrogen-bond donors (Lipinski definition) is 0. The van der Waals surface area contributed by atoms with Gasteiger partial charge in [0.15, 0.2) is 6.29 Å². The molecule has 0 radical (unpaired) electrons. The van der Waals surface area contributed by atoms with E-state index in [0.717, 1.165) is 25.9 Å². The Morgan fingerprint density at radius 3 is 2.87 bits per heavy atom. The third-order valence-electron chi connectivity index (χ3n) is 2.11. The Balaban J connectivity index is 2.01. The molecule has 0 aromatic carbocycles. The number of carbonyl (C=O) groups is 1. The zero-order chi connectivity index (χ0) is 11.1. The number of ether oxygens (including phenoxy) is 3. The van der Waals surface area contributed by atoms with E-state index in [1.165, 1.54) is 0 Å². The first-order valence-corrected chi connectivity index (χ1v) is 5.26. The molecule has 86 valence electrons. The lowest BCUT2D eigenvalue weighted by Crippen LogP contribution is -2.24. The van der Waals surface area contributed by atoms with E-state index in [2.05, 4.69) is 6.58 Å². The monoisotopic (exact) mass is 214 g/mol. The van der Waals surface area contributed by atoms with Crippen molar-refractivity contribution in [3.05, 3.63) is 12.2 Å². The van der Waals surface area contributed by atoms with E-state index in [-0.39, 0.29) is 18.9 Å². The molecule has 0 aromatic rings. The molecule has 1 atom stereocenters. The van der Waals surface area contributed by atoms with E-state index < -0.39 is 0 Å². The summed E-state index contributed by atoms with van der Waals surface area (Å²) in [6, 6.07) is 0. The van der Waals surface area contributed by atoms with E-state index in [9.17, 15) is 4.79 Å². The second-order valence-corrected chi connectivity index (χ2v) is 3.58. The first kappa shape index (κ1) is 12.2. The predicted molar refractivity (Wildman–Crippen MR) is 55.3 cm³/mol. The van der Waals surface area contributed by atoms with Gasteiger partial charge in [0.1, 0.15) is 6.61 Å². The van der Waals surface area contributed by atoms with E-state index in [4.69, 9.17) is 14.2 Å². The Kier molecular flexibility index (Phi) is 5.36. The molecule has 1 fully saturated rings. The van der Waals surface area contributed by atoms with Crippen LogP contribution in [0.5, 0.6) is 0 Å². The van der Waals surface area contributed by atoms with Gasteiger partial charge in [-0.15, -0.1) is 0 Å². The Morgan fingerprint density at radius 2 is 2.27 bits per heavy atom. The van der Waals surface area contributed by atoms with Crippen molar-refractivity contribution in [1.29, 1.82) is 0 Å². The molecule has 1 aliphatic rings. The maximum atomic E-state index is 11.0. The fourth-order valence-electron chi connectivity index (χ4n) is 1.28. The highest BCUT2D eigenvalue weighted by Gasteiger charge is 2.13. The summed E-state index contributed by atoms with van der Waals surface area (Å²) >= 11 is 0. The van der Waals surface area contributed by atoms with Crippen molar-refractivity contribution in [2.45, 2.75) is 32.5 Å². The lowest BCUT2D eigenvalue weighted by molar-refractivity contribution is -0.172. The minimum Gasteiger partial charge on any atom is -0.460 e. The summed E-state index contributed by atoms with van der Waals surface area (Å²) < 4.78 is 15.6. The molecule has 15 heavy (non-hydrogen) atoms. The number of esters is 1. The quantitative estimate of drug-likeness (QED) is 0.396. The molecule has 0 amide bonds. The first-order valence-electron chi connectivity index (χ1n) is 5.26. The van der Waals surface area contributed by atoms with Crippen molar-refractivity contribution in [3.63, 3.8) is 0 Å². The average molecular weight is 214 g/mol. The van der Waals surface area contributed by atoms with Crippen LogP contribution in [0.4, 0.5) is 0 Å². The molecule has 1 unspecified atom stereocenters. The van der Waals surface area contributed by atoms with Crippen LogP contribution < -0.4 is 0 Å². The number of hydrogen-bond acceptors (Lipinski definition) is 4. The molecule has 0 aromatic heterocycles. The van der Waals surface area contributed by atoms with Gasteiger partial charge in [0.25, 0.3) is 0 Å². The molecule has 4 nitrogen and oxygen atoms in total. The average Bonchev–Trinajstić information content (AvgIpc) is 2.25. The van der Waals surface area contributed by atoms with Gasteiger partial charge in [-0.2, -0.15) is 0 Å². The van der Waals surface area contributed by atoms with Crippen LogP contribution in [0.3, 0.4) is 0 Å². The molecule has 1 heterocycles. The lowest BCUT2D eigenvalue weighted by atomic mass is 10.2. The minimum atomic E-state index is -0.372. The molecule has 0 spiro atoms. The standard InChI is InChI=1S/C11H18O4/c1-9(2)11(12)15-8-7-14-10-5-3-4-6-13-10/h10H,1,3-8H2,2H3. The van der Waals surface area contributed by atoms with E-state index in [0.29, 0.717) is 12.2 Å².